The van der Waals surface area contributed by atoms with Crippen molar-refractivity contribution in [2.24, 2.45) is 14.9 Å². The Morgan fingerprint density at radius 3 is 3.07 bits per heavy atom. The normalized spacial score (nSPS) is 22.2. The van der Waals surface area contributed by atoms with Crippen LogP contribution in [0, 0.1) is 5.41 Å². The van der Waals surface area contributed by atoms with E-state index in [0.717, 1.165) is 49.0 Å². The van der Waals surface area contributed by atoms with Crippen molar-refractivity contribution in [1.82, 2.24) is 9.78 Å². The van der Waals surface area contributed by atoms with E-state index in [-0.39, 0.29) is 5.41 Å². The highest BCUT2D eigenvalue weighted by atomic mass is 32.2. The van der Waals surface area contributed by atoms with Gasteiger partial charge in [-0.05, 0) is 54.4 Å². The Labute approximate surface area is 178 Å². The number of nitrogens with zero attached hydrogens (tertiary/aromatic N) is 3. The van der Waals surface area contributed by atoms with Gasteiger partial charge >= 0.3 is 6.03 Å². The molecule has 2 unspecified atom stereocenters. The number of aliphatic hydroxyl groups excluding tert-OH is 1. The molecule has 5 rings (SSSR count). The molecule has 2 aromatic rings. The van der Waals surface area contributed by atoms with E-state index < -0.39 is 23.0 Å². The van der Waals surface area contributed by atoms with Crippen molar-refractivity contribution in [2.45, 2.75) is 63.5 Å². The summed E-state index contributed by atoms with van der Waals surface area (Å²) in [4.78, 5) is 13.4. The number of carbonyl (C=O) groups is 1. The molecule has 4 N–H and O–H groups in total. The number of aliphatic hydroxyl groups is 1. The fraction of sp³-hybridized carbons (Fsp3) is 0.524. The molecule has 2 amide bonds. The maximum Gasteiger partial charge on any atom is 0.352 e. The number of amides is 2. The second kappa shape index (κ2) is 7.18. The van der Waals surface area contributed by atoms with Crippen LogP contribution in [0.15, 0.2) is 21.5 Å². The van der Waals surface area contributed by atoms with Crippen molar-refractivity contribution < 1.29 is 14.6 Å². The van der Waals surface area contributed by atoms with Crippen molar-refractivity contribution in [3.05, 3.63) is 34.5 Å². The van der Waals surface area contributed by atoms with E-state index in [4.69, 9.17) is 9.88 Å². The molecule has 8 nitrogen and oxygen atoms in total. The summed E-state index contributed by atoms with van der Waals surface area (Å²) in [5.74, 6) is 0.598. The van der Waals surface area contributed by atoms with Gasteiger partial charge in [0.15, 0.2) is 0 Å². The SMILES string of the molecule is CC1(C)COc2c(S(N)=NC(=O)Nc3c4c(cc5c3CCC5O)CCC4)cnn2C1. The van der Waals surface area contributed by atoms with Crippen molar-refractivity contribution in [2.75, 3.05) is 11.9 Å². The van der Waals surface area contributed by atoms with Gasteiger partial charge in [0, 0.05) is 22.0 Å². The summed E-state index contributed by atoms with van der Waals surface area (Å²) in [5.41, 5.74) is 5.21. The molecule has 0 bridgehead atoms. The minimum atomic E-state index is -1.17. The van der Waals surface area contributed by atoms with Crippen LogP contribution in [0.5, 0.6) is 5.88 Å². The van der Waals surface area contributed by atoms with Gasteiger partial charge in [0.05, 0.1) is 25.5 Å². The van der Waals surface area contributed by atoms with Crippen LogP contribution in [0.25, 0.3) is 0 Å². The largest absolute Gasteiger partial charge is 0.476 e. The fourth-order valence-corrected chi connectivity index (χ4v) is 5.53. The molecule has 30 heavy (non-hydrogen) atoms. The van der Waals surface area contributed by atoms with Crippen molar-refractivity contribution in [3.63, 3.8) is 0 Å². The molecule has 1 aromatic heterocycles. The number of anilines is 1. The van der Waals surface area contributed by atoms with Gasteiger partial charge in [-0.1, -0.05) is 19.9 Å². The minimum absolute atomic E-state index is 0.00333. The van der Waals surface area contributed by atoms with Crippen LogP contribution in [0.3, 0.4) is 0 Å². The Bertz CT molecular complexity index is 1080. The van der Waals surface area contributed by atoms with Crippen molar-refractivity contribution in [1.29, 1.82) is 0 Å². The second-order valence-electron chi connectivity index (χ2n) is 9.13. The average molecular weight is 430 g/mol. The van der Waals surface area contributed by atoms with E-state index >= 15 is 0 Å². The molecular weight excluding hydrogens is 402 g/mol. The third-order valence-corrected chi connectivity index (χ3v) is 7.24. The highest BCUT2D eigenvalue weighted by molar-refractivity contribution is 7.85. The van der Waals surface area contributed by atoms with Crippen LogP contribution in [-0.4, -0.2) is 27.5 Å². The van der Waals surface area contributed by atoms with Gasteiger partial charge in [-0.25, -0.2) is 9.48 Å². The Morgan fingerprint density at radius 1 is 1.40 bits per heavy atom. The van der Waals surface area contributed by atoms with E-state index in [0.29, 0.717) is 23.8 Å². The molecule has 160 valence electrons. The first-order valence-corrected chi connectivity index (χ1v) is 11.6. The van der Waals surface area contributed by atoms with Crippen LogP contribution in [0.4, 0.5) is 10.5 Å². The lowest BCUT2D eigenvalue weighted by Gasteiger charge is -2.30. The number of aromatic nitrogens is 2. The van der Waals surface area contributed by atoms with Crippen LogP contribution >= 0.6 is 0 Å². The maximum atomic E-state index is 12.8. The number of carbonyl (C=O) groups excluding carboxylic acids is 1. The molecule has 0 fully saturated rings. The molecule has 0 saturated carbocycles. The number of nitrogens with one attached hydrogen (secondary N) is 1. The Kier molecular flexibility index (Phi) is 4.72. The summed E-state index contributed by atoms with van der Waals surface area (Å²) in [6.45, 7) is 5.53. The molecule has 3 aliphatic rings. The molecule has 2 atom stereocenters. The van der Waals surface area contributed by atoms with Crippen LogP contribution < -0.4 is 15.2 Å². The second-order valence-corrected chi connectivity index (χ2v) is 10.4. The van der Waals surface area contributed by atoms with Crippen LogP contribution in [0.2, 0.25) is 0 Å². The monoisotopic (exact) mass is 429 g/mol. The van der Waals surface area contributed by atoms with Crippen molar-refractivity contribution >= 4 is 22.6 Å². The Balaban J connectivity index is 1.42. The molecule has 2 aliphatic carbocycles. The first-order chi connectivity index (χ1) is 14.3. The van der Waals surface area contributed by atoms with Crippen molar-refractivity contribution in [3.8, 4) is 5.88 Å². The number of hydrogen-bond donors (Lipinski definition) is 3. The molecular formula is C21H27N5O3S. The predicted octanol–water partition coefficient (Wildman–Crippen LogP) is 3.04. The number of hydrogen-bond acceptors (Lipinski definition) is 4. The van der Waals surface area contributed by atoms with E-state index in [1.165, 1.54) is 11.1 Å². The molecule has 1 aliphatic heterocycles. The molecule has 0 saturated heterocycles. The molecule has 2 heterocycles. The van der Waals surface area contributed by atoms with Gasteiger partial charge in [0.25, 0.3) is 0 Å². The van der Waals surface area contributed by atoms with Crippen LogP contribution in [-0.2, 0) is 36.7 Å². The Hall–Kier alpha value is -2.23. The average Bonchev–Trinajstić information content (AvgIpc) is 3.39. The number of nitrogens with two attached hydrogens (primary N) is 1. The summed E-state index contributed by atoms with van der Waals surface area (Å²) in [6.07, 6.45) is 5.61. The zero-order valence-corrected chi connectivity index (χ0v) is 18.1. The lowest BCUT2D eigenvalue weighted by molar-refractivity contribution is 0.0973. The number of aryl methyl sites for hydroxylation is 1. The number of benzene rings is 1. The summed E-state index contributed by atoms with van der Waals surface area (Å²) >= 11 is 0. The number of rotatable bonds is 2. The van der Waals surface area contributed by atoms with Gasteiger partial charge in [-0.3, -0.25) is 5.14 Å². The Morgan fingerprint density at radius 2 is 2.23 bits per heavy atom. The zero-order chi connectivity index (χ0) is 21.0. The number of urea groups is 1. The number of ether oxygens (including phenoxy) is 1. The zero-order valence-electron chi connectivity index (χ0n) is 17.3. The standard InChI is InChI=1S/C21H27N5O3S/c1-21(2)10-26-19(29-11-21)17(9-23-26)30(22)25-20(28)24-18-13-5-3-4-12(13)8-15-14(18)6-7-16(15)27/h8-9,16,27H,3-7,10-11H2,1-2H3,(H3,22,24,25,28). The van der Waals surface area contributed by atoms with Gasteiger partial charge in [0.2, 0.25) is 5.88 Å². The lowest BCUT2D eigenvalue weighted by atomic mass is 9.94. The van der Waals surface area contributed by atoms with E-state index in [1.807, 2.05) is 0 Å². The smallest absolute Gasteiger partial charge is 0.352 e. The molecule has 0 radical (unpaired) electrons. The highest BCUT2D eigenvalue weighted by Gasteiger charge is 2.31. The third kappa shape index (κ3) is 3.34. The van der Waals surface area contributed by atoms with E-state index in [9.17, 15) is 9.90 Å². The summed E-state index contributed by atoms with van der Waals surface area (Å²) < 4.78 is 11.8. The van der Waals surface area contributed by atoms with E-state index in [2.05, 4.69) is 34.7 Å². The first kappa shape index (κ1) is 19.7. The molecule has 1 aromatic carbocycles. The fourth-order valence-electron chi connectivity index (χ4n) is 4.71. The maximum absolute atomic E-state index is 12.8. The van der Waals surface area contributed by atoms with Gasteiger partial charge in [-0.15, -0.1) is 0 Å². The third-order valence-electron chi connectivity index (χ3n) is 6.14. The topological polar surface area (TPSA) is 115 Å². The highest BCUT2D eigenvalue weighted by Crippen LogP contribution is 2.42. The van der Waals surface area contributed by atoms with E-state index in [1.54, 1.807) is 10.9 Å². The van der Waals surface area contributed by atoms with Gasteiger partial charge in [0.1, 0.15) is 4.90 Å². The molecule has 0 spiro atoms. The van der Waals surface area contributed by atoms with Crippen LogP contribution in [0.1, 0.15) is 55.0 Å². The quantitative estimate of drug-likeness (QED) is 0.679. The summed E-state index contributed by atoms with van der Waals surface area (Å²) in [6, 6.07) is 1.65. The van der Waals surface area contributed by atoms with Gasteiger partial charge < -0.3 is 15.2 Å². The van der Waals surface area contributed by atoms with Gasteiger partial charge in [-0.2, -0.15) is 9.46 Å². The summed E-state index contributed by atoms with van der Waals surface area (Å²) in [5, 5.41) is 23.9. The molecule has 9 heteroatoms. The lowest BCUT2D eigenvalue weighted by Crippen LogP contribution is -2.33. The first-order valence-electron chi connectivity index (χ1n) is 10.4. The minimum Gasteiger partial charge on any atom is -0.476 e. The predicted molar refractivity (Wildman–Crippen MR) is 115 cm³/mol. The summed E-state index contributed by atoms with van der Waals surface area (Å²) in [7, 11) is -1.17. The number of fused-ring (bicyclic) bond motifs is 3.